The molecule has 9 nitrogen and oxygen atoms in total. The molecule has 1 saturated heterocycles. The standard InChI is InChI=1S/C11H16N4O5S/c12-21(18,19)9-7-14(13-10(9)15(16)17)8-2-5-20-11(6-8)3-1-4-11/h7-8H,1-6H2,(H2,12,18,19). The fourth-order valence-electron chi connectivity index (χ4n) is 3.03. The molecular formula is C11H16N4O5S. The fraction of sp³-hybridized carbons (Fsp3) is 0.727. The van der Waals surface area contributed by atoms with Crippen molar-refractivity contribution < 1.29 is 18.1 Å². The molecule has 116 valence electrons. The lowest BCUT2D eigenvalue weighted by atomic mass is 9.74. The van der Waals surface area contributed by atoms with Crippen molar-refractivity contribution >= 4 is 15.8 Å². The van der Waals surface area contributed by atoms with Gasteiger partial charge >= 0.3 is 5.82 Å². The molecular weight excluding hydrogens is 300 g/mol. The molecule has 21 heavy (non-hydrogen) atoms. The van der Waals surface area contributed by atoms with Crippen molar-refractivity contribution in [2.75, 3.05) is 6.61 Å². The van der Waals surface area contributed by atoms with E-state index in [2.05, 4.69) is 5.10 Å². The number of rotatable bonds is 3. The van der Waals surface area contributed by atoms with Gasteiger partial charge in [0.05, 0.1) is 22.9 Å². The van der Waals surface area contributed by atoms with E-state index in [1.54, 1.807) is 0 Å². The summed E-state index contributed by atoms with van der Waals surface area (Å²) >= 11 is 0. The summed E-state index contributed by atoms with van der Waals surface area (Å²) in [4.78, 5) is 9.58. The first-order valence-electron chi connectivity index (χ1n) is 6.71. The van der Waals surface area contributed by atoms with Crippen LogP contribution in [0.3, 0.4) is 0 Å². The summed E-state index contributed by atoms with van der Waals surface area (Å²) < 4.78 is 30.0. The van der Waals surface area contributed by atoms with Crippen LogP contribution in [0, 0.1) is 10.1 Å². The van der Waals surface area contributed by atoms with Crippen molar-refractivity contribution in [1.29, 1.82) is 0 Å². The van der Waals surface area contributed by atoms with Crippen LogP contribution in [0.25, 0.3) is 0 Å². The number of nitrogens with two attached hydrogens (primary N) is 1. The van der Waals surface area contributed by atoms with Gasteiger partial charge < -0.3 is 14.9 Å². The van der Waals surface area contributed by atoms with E-state index >= 15 is 0 Å². The lowest BCUT2D eigenvalue weighted by molar-refractivity contribution is -0.392. The molecule has 0 bridgehead atoms. The molecule has 0 aromatic carbocycles. The van der Waals surface area contributed by atoms with E-state index < -0.39 is 25.7 Å². The molecule has 2 heterocycles. The Balaban J connectivity index is 1.94. The monoisotopic (exact) mass is 316 g/mol. The smallest absolute Gasteiger partial charge is 0.375 e. The number of ether oxygens (including phenoxy) is 1. The largest absolute Gasteiger partial charge is 0.410 e. The molecule has 1 aromatic heterocycles. The molecule has 0 amide bonds. The molecule has 1 atom stereocenters. The zero-order valence-electron chi connectivity index (χ0n) is 11.3. The number of hydrogen-bond acceptors (Lipinski definition) is 6. The van der Waals surface area contributed by atoms with Crippen LogP contribution in [-0.2, 0) is 14.8 Å². The van der Waals surface area contributed by atoms with Gasteiger partial charge in [-0.2, -0.15) is 4.68 Å². The highest BCUT2D eigenvalue weighted by Crippen LogP contribution is 2.45. The summed E-state index contributed by atoms with van der Waals surface area (Å²) in [5, 5.41) is 19.8. The zero-order chi connectivity index (χ0) is 15.3. The minimum Gasteiger partial charge on any atom is -0.375 e. The van der Waals surface area contributed by atoms with Gasteiger partial charge in [0.2, 0.25) is 14.9 Å². The quantitative estimate of drug-likeness (QED) is 0.645. The fourth-order valence-corrected chi connectivity index (χ4v) is 3.65. The highest BCUT2D eigenvalue weighted by Gasteiger charge is 2.44. The van der Waals surface area contributed by atoms with Crippen LogP contribution in [-0.4, -0.2) is 35.3 Å². The molecule has 3 rings (SSSR count). The summed E-state index contributed by atoms with van der Waals surface area (Å²) in [6.45, 7) is 0.545. The van der Waals surface area contributed by atoms with Crippen LogP contribution in [0.4, 0.5) is 5.82 Å². The molecule has 1 aliphatic carbocycles. The third-order valence-electron chi connectivity index (χ3n) is 4.27. The SMILES string of the molecule is NS(=O)(=O)c1cn(C2CCOC3(CCC3)C2)nc1[N+](=O)[O-]. The van der Waals surface area contributed by atoms with Crippen LogP contribution in [0.5, 0.6) is 0 Å². The first kappa shape index (κ1) is 14.4. The summed E-state index contributed by atoms with van der Waals surface area (Å²) in [5.41, 5.74) is -0.161. The second-order valence-corrected chi connectivity index (χ2v) is 7.16. The average Bonchev–Trinajstić information content (AvgIpc) is 2.82. The van der Waals surface area contributed by atoms with Crippen LogP contribution >= 0.6 is 0 Å². The maximum Gasteiger partial charge on any atom is 0.410 e. The van der Waals surface area contributed by atoms with Gasteiger partial charge in [-0.1, -0.05) is 0 Å². The van der Waals surface area contributed by atoms with Gasteiger partial charge in [0.1, 0.15) is 0 Å². The lowest BCUT2D eigenvalue weighted by Crippen LogP contribution is -2.46. The second kappa shape index (κ2) is 4.75. The minimum atomic E-state index is -4.17. The van der Waals surface area contributed by atoms with Crippen molar-refractivity contribution in [2.45, 2.75) is 48.6 Å². The molecule has 1 aliphatic heterocycles. The molecule has 2 fully saturated rings. The van der Waals surface area contributed by atoms with E-state index in [-0.39, 0.29) is 11.6 Å². The molecule has 0 radical (unpaired) electrons. The number of nitro groups is 1. The molecule has 10 heteroatoms. The predicted molar refractivity (Wildman–Crippen MR) is 71.1 cm³/mol. The maximum atomic E-state index is 11.4. The average molecular weight is 316 g/mol. The van der Waals surface area contributed by atoms with Crippen molar-refractivity contribution in [3.8, 4) is 0 Å². The van der Waals surface area contributed by atoms with E-state index in [4.69, 9.17) is 9.88 Å². The van der Waals surface area contributed by atoms with E-state index in [9.17, 15) is 18.5 Å². The topological polar surface area (TPSA) is 130 Å². The molecule has 2 aliphatic rings. The van der Waals surface area contributed by atoms with Crippen LogP contribution in [0.2, 0.25) is 0 Å². The Labute approximate surface area is 121 Å². The maximum absolute atomic E-state index is 11.4. The number of primary sulfonamides is 1. The number of aromatic nitrogens is 2. The Morgan fingerprint density at radius 2 is 2.24 bits per heavy atom. The Morgan fingerprint density at radius 3 is 2.71 bits per heavy atom. The van der Waals surface area contributed by atoms with Crippen LogP contribution in [0.1, 0.15) is 38.1 Å². The van der Waals surface area contributed by atoms with E-state index in [0.717, 1.165) is 25.5 Å². The van der Waals surface area contributed by atoms with Crippen molar-refractivity contribution in [2.24, 2.45) is 5.14 Å². The normalized spacial score (nSPS) is 24.7. The molecule has 1 spiro atoms. The molecule has 2 N–H and O–H groups in total. The molecule has 1 saturated carbocycles. The van der Waals surface area contributed by atoms with Gasteiger partial charge in [-0.25, -0.2) is 13.6 Å². The van der Waals surface area contributed by atoms with E-state index in [1.807, 2.05) is 0 Å². The molecule has 1 unspecified atom stereocenters. The Bertz CT molecular complexity index is 679. The van der Waals surface area contributed by atoms with E-state index in [0.29, 0.717) is 19.4 Å². The lowest BCUT2D eigenvalue weighted by Gasteiger charge is -2.46. The number of hydrogen-bond donors (Lipinski definition) is 1. The molecule has 1 aromatic rings. The third-order valence-corrected chi connectivity index (χ3v) is 5.17. The Kier molecular flexibility index (Phi) is 3.26. The zero-order valence-corrected chi connectivity index (χ0v) is 12.1. The second-order valence-electron chi connectivity index (χ2n) is 5.63. The van der Waals surface area contributed by atoms with Gasteiger partial charge in [0, 0.05) is 13.0 Å². The van der Waals surface area contributed by atoms with Crippen molar-refractivity contribution in [3.63, 3.8) is 0 Å². The number of sulfonamides is 1. The third kappa shape index (κ3) is 2.54. The highest BCUT2D eigenvalue weighted by atomic mass is 32.2. The van der Waals surface area contributed by atoms with Crippen molar-refractivity contribution in [1.82, 2.24) is 9.78 Å². The minimum absolute atomic E-state index is 0.103. The summed E-state index contributed by atoms with van der Waals surface area (Å²) in [6, 6.07) is -0.103. The van der Waals surface area contributed by atoms with Crippen LogP contribution < -0.4 is 5.14 Å². The Morgan fingerprint density at radius 1 is 1.52 bits per heavy atom. The van der Waals surface area contributed by atoms with E-state index in [1.165, 1.54) is 4.68 Å². The first-order chi connectivity index (χ1) is 9.81. The first-order valence-corrected chi connectivity index (χ1v) is 8.26. The van der Waals surface area contributed by atoms with Gasteiger partial charge in [0.15, 0.2) is 0 Å². The summed E-state index contributed by atoms with van der Waals surface area (Å²) in [5.74, 6) is -0.716. The van der Waals surface area contributed by atoms with Crippen molar-refractivity contribution in [3.05, 3.63) is 16.3 Å². The van der Waals surface area contributed by atoms with Gasteiger partial charge in [0.25, 0.3) is 0 Å². The van der Waals surface area contributed by atoms with Gasteiger partial charge in [-0.15, -0.1) is 0 Å². The van der Waals surface area contributed by atoms with Gasteiger partial charge in [-0.3, -0.25) is 0 Å². The summed E-state index contributed by atoms with van der Waals surface area (Å²) in [6.07, 6.45) is 5.54. The summed E-state index contributed by atoms with van der Waals surface area (Å²) in [7, 11) is -4.17. The predicted octanol–water partition coefficient (Wildman–Crippen LogP) is 0.713. The van der Waals surface area contributed by atoms with Gasteiger partial charge in [-0.05, 0) is 30.6 Å². The highest BCUT2D eigenvalue weighted by molar-refractivity contribution is 7.89. The van der Waals surface area contributed by atoms with Crippen LogP contribution in [0.15, 0.2) is 11.1 Å². The number of nitrogens with zero attached hydrogens (tertiary/aromatic N) is 3. The Hall–Kier alpha value is -1.52.